The average Bonchev–Trinajstić information content (AvgIpc) is 3.35. The first-order chi connectivity index (χ1) is 16.9. The molecule has 3 aliphatic rings. The van der Waals surface area contributed by atoms with Crippen molar-refractivity contribution in [1.29, 1.82) is 0 Å². The van der Waals surface area contributed by atoms with E-state index in [1.807, 2.05) is 6.07 Å². The summed E-state index contributed by atoms with van der Waals surface area (Å²) in [4.78, 5) is 25.0. The number of rotatable bonds is 8. The molecule has 0 atom stereocenters. The highest BCUT2D eigenvalue weighted by Crippen LogP contribution is 2.40. The van der Waals surface area contributed by atoms with Gasteiger partial charge in [-0.1, -0.05) is 25.6 Å². The lowest BCUT2D eigenvalue weighted by Crippen LogP contribution is -2.39. The van der Waals surface area contributed by atoms with Crippen molar-refractivity contribution in [3.8, 4) is 0 Å². The lowest BCUT2D eigenvalue weighted by atomic mass is 9.85. The second-order valence-corrected chi connectivity index (χ2v) is 10.1. The predicted octanol–water partition coefficient (Wildman–Crippen LogP) is 4.05. The van der Waals surface area contributed by atoms with Gasteiger partial charge in [-0.25, -0.2) is 0 Å². The van der Waals surface area contributed by atoms with Gasteiger partial charge in [0.05, 0.1) is 23.6 Å². The molecule has 0 spiro atoms. The highest BCUT2D eigenvalue weighted by molar-refractivity contribution is 6.44. The summed E-state index contributed by atoms with van der Waals surface area (Å²) in [5.41, 5.74) is 2.94. The molecule has 0 saturated carbocycles. The Labute approximate surface area is 208 Å². The molecular formula is C27H37N5O3. The van der Waals surface area contributed by atoms with E-state index in [1.54, 1.807) is 6.08 Å². The Morgan fingerprint density at radius 2 is 2.06 bits per heavy atom. The van der Waals surface area contributed by atoms with Crippen LogP contribution in [-0.2, 0) is 19.9 Å². The van der Waals surface area contributed by atoms with Crippen LogP contribution in [0.4, 0.5) is 11.4 Å². The molecule has 2 saturated heterocycles. The molecule has 8 nitrogen and oxygen atoms in total. The van der Waals surface area contributed by atoms with Gasteiger partial charge in [0, 0.05) is 52.1 Å². The van der Waals surface area contributed by atoms with Gasteiger partial charge < -0.3 is 29.4 Å². The minimum Gasteiger partial charge on any atom is -0.381 e. The number of anilines is 2. The molecular weight excluding hydrogens is 442 g/mol. The van der Waals surface area contributed by atoms with Crippen LogP contribution in [0, 0.1) is 12.5 Å². The van der Waals surface area contributed by atoms with Gasteiger partial charge in [-0.05, 0) is 50.6 Å². The Morgan fingerprint density at radius 1 is 1.31 bits per heavy atom. The highest BCUT2D eigenvalue weighted by Gasteiger charge is 2.36. The summed E-state index contributed by atoms with van der Waals surface area (Å²) in [6.45, 7) is 14.2. The molecule has 3 aliphatic heterocycles. The fourth-order valence-corrected chi connectivity index (χ4v) is 4.90. The quantitative estimate of drug-likeness (QED) is 0.570. The van der Waals surface area contributed by atoms with Gasteiger partial charge in [-0.2, -0.15) is 0 Å². The zero-order valence-electron chi connectivity index (χ0n) is 21.2. The number of likely N-dealkylation sites (N-methyl/N-ethyl adjacent to an activating group) is 1. The van der Waals surface area contributed by atoms with Crippen molar-refractivity contribution >= 4 is 23.0 Å². The molecule has 0 aliphatic carbocycles. The third-order valence-corrected chi connectivity index (χ3v) is 7.22. The molecule has 4 rings (SSSR count). The van der Waals surface area contributed by atoms with Crippen molar-refractivity contribution < 1.29 is 14.3 Å². The van der Waals surface area contributed by atoms with Crippen LogP contribution in [0.5, 0.6) is 0 Å². The molecule has 1 amide bonds. The molecule has 2 fully saturated rings. The number of nitrogens with one attached hydrogen (secondary N) is 1. The van der Waals surface area contributed by atoms with E-state index in [0.29, 0.717) is 37.9 Å². The number of allylic oxidation sites excluding steroid dienone is 1. The number of amides is 1. The number of piperidine rings is 1. The SMILES string of the molecule is [C-]#[N+]C1=CCC(C(=O)Nc2ccc(C3(OCCN(C)C)CCOCC3)cc2N2CCC(C)CC2)=N1. The average molecular weight is 480 g/mol. The Hall–Kier alpha value is -2.73. The van der Waals surface area contributed by atoms with E-state index in [4.69, 9.17) is 16.0 Å². The summed E-state index contributed by atoms with van der Waals surface area (Å²) in [6, 6.07) is 6.31. The molecule has 0 aromatic heterocycles. The third kappa shape index (κ3) is 6.10. The lowest BCUT2D eigenvalue weighted by molar-refractivity contribution is -0.118. The standard InChI is InChI=1S/C27H37N5O3/c1-20-9-13-32(14-10-20)24-19-21(27(11-16-34-17-12-27)35-18-15-31(3)4)5-6-22(24)30-26(33)23-7-8-25(28-2)29-23/h5-6,8,19-20H,7,9-18H2,1,3-4H3,(H,30,33). The zero-order valence-corrected chi connectivity index (χ0v) is 21.2. The molecule has 188 valence electrons. The monoisotopic (exact) mass is 479 g/mol. The number of hydrogen-bond acceptors (Lipinski definition) is 6. The van der Waals surface area contributed by atoms with Crippen LogP contribution in [0.25, 0.3) is 4.85 Å². The zero-order chi connectivity index (χ0) is 24.8. The van der Waals surface area contributed by atoms with E-state index in [0.717, 1.165) is 62.3 Å². The smallest absolute Gasteiger partial charge is 0.294 e. The van der Waals surface area contributed by atoms with Gasteiger partial charge >= 0.3 is 0 Å². The van der Waals surface area contributed by atoms with Crippen molar-refractivity contribution in [1.82, 2.24) is 4.90 Å². The number of hydrogen-bond donors (Lipinski definition) is 1. The molecule has 0 unspecified atom stereocenters. The van der Waals surface area contributed by atoms with Gasteiger partial charge in [0.2, 0.25) is 0 Å². The number of aliphatic imine (C=N–C) groups is 1. The second kappa shape index (κ2) is 11.3. The number of benzene rings is 1. The summed E-state index contributed by atoms with van der Waals surface area (Å²) in [5, 5.41) is 3.09. The van der Waals surface area contributed by atoms with Crippen molar-refractivity contribution in [3.05, 3.63) is 47.1 Å². The number of nitrogens with zero attached hydrogens (tertiary/aromatic N) is 4. The third-order valence-electron chi connectivity index (χ3n) is 7.22. The number of carbonyl (C=O) groups is 1. The lowest BCUT2D eigenvalue weighted by Gasteiger charge is -2.39. The van der Waals surface area contributed by atoms with E-state index in [-0.39, 0.29) is 11.7 Å². The normalized spacial score (nSPS) is 20.4. The van der Waals surface area contributed by atoms with Gasteiger partial charge in [0.1, 0.15) is 0 Å². The summed E-state index contributed by atoms with van der Waals surface area (Å²) in [7, 11) is 4.11. The fourth-order valence-electron chi connectivity index (χ4n) is 4.90. The molecule has 1 aromatic carbocycles. The van der Waals surface area contributed by atoms with E-state index in [9.17, 15) is 4.79 Å². The molecule has 1 aromatic rings. The van der Waals surface area contributed by atoms with Crippen LogP contribution >= 0.6 is 0 Å². The first-order valence-corrected chi connectivity index (χ1v) is 12.6. The van der Waals surface area contributed by atoms with E-state index in [2.05, 4.69) is 58.1 Å². The minimum atomic E-state index is -0.390. The van der Waals surface area contributed by atoms with Gasteiger partial charge in [0.15, 0.2) is 5.71 Å². The Balaban J connectivity index is 1.63. The maximum Gasteiger partial charge on any atom is 0.294 e. The maximum atomic E-state index is 13.0. The second-order valence-electron chi connectivity index (χ2n) is 10.1. The Morgan fingerprint density at radius 3 is 2.71 bits per heavy atom. The highest BCUT2D eigenvalue weighted by atomic mass is 16.5. The van der Waals surface area contributed by atoms with Crippen molar-refractivity contribution in [2.24, 2.45) is 10.9 Å². The minimum absolute atomic E-state index is 0.248. The summed E-state index contributed by atoms with van der Waals surface area (Å²) < 4.78 is 12.3. The molecule has 3 heterocycles. The fraction of sp³-hybridized carbons (Fsp3) is 0.593. The van der Waals surface area contributed by atoms with Crippen LogP contribution in [0.2, 0.25) is 0 Å². The predicted molar refractivity (Wildman–Crippen MR) is 139 cm³/mol. The topological polar surface area (TPSA) is 70.8 Å². The maximum absolute atomic E-state index is 13.0. The van der Waals surface area contributed by atoms with Crippen molar-refractivity contribution in [2.45, 2.75) is 44.6 Å². The first-order valence-electron chi connectivity index (χ1n) is 12.6. The van der Waals surface area contributed by atoms with Crippen LogP contribution in [0.3, 0.4) is 0 Å². The van der Waals surface area contributed by atoms with E-state index >= 15 is 0 Å². The summed E-state index contributed by atoms with van der Waals surface area (Å²) in [6.07, 6.45) is 5.95. The van der Waals surface area contributed by atoms with Gasteiger partial charge in [0.25, 0.3) is 11.7 Å². The summed E-state index contributed by atoms with van der Waals surface area (Å²) in [5.74, 6) is 0.740. The van der Waals surface area contributed by atoms with E-state index in [1.165, 1.54) is 0 Å². The Bertz CT molecular complexity index is 1010. The van der Waals surface area contributed by atoms with Gasteiger partial charge in [-0.3, -0.25) is 4.79 Å². The summed E-state index contributed by atoms with van der Waals surface area (Å²) >= 11 is 0. The van der Waals surface area contributed by atoms with Crippen LogP contribution in [0.1, 0.15) is 44.6 Å². The number of carbonyl (C=O) groups excluding carboxylic acids is 1. The number of ether oxygens (including phenoxy) is 2. The Kier molecular flexibility index (Phi) is 8.22. The molecule has 1 N–H and O–H groups in total. The molecule has 8 heteroatoms. The molecule has 35 heavy (non-hydrogen) atoms. The molecule has 0 bridgehead atoms. The first kappa shape index (κ1) is 25.4. The largest absolute Gasteiger partial charge is 0.381 e. The van der Waals surface area contributed by atoms with Crippen LogP contribution in [-0.4, -0.2) is 70.1 Å². The van der Waals surface area contributed by atoms with Crippen molar-refractivity contribution in [2.75, 3.05) is 63.8 Å². The van der Waals surface area contributed by atoms with Crippen LogP contribution in [0.15, 0.2) is 35.1 Å². The van der Waals surface area contributed by atoms with Crippen LogP contribution < -0.4 is 10.2 Å². The van der Waals surface area contributed by atoms with Gasteiger partial charge in [-0.15, -0.1) is 4.99 Å². The van der Waals surface area contributed by atoms with Crippen molar-refractivity contribution in [3.63, 3.8) is 0 Å². The molecule has 0 radical (unpaired) electrons. The van der Waals surface area contributed by atoms with E-state index < -0.39 is 5.60 Å².